The van der Waals surface area contributed by atoms with Gasteiger partial charge in [0.05, 0.1) is 5.60 Å². The van der Waals surface area contributed by atoms with E-state index in [0.717, 1.165) is 13.0 Å². The number of hydrogen-bond acceptors (Lipinski definition) is 2. The van der Waals surface area contributed by atoms with E-state index in [9.17, 15) is 5.11 Å². The Bertz CT molecular complexity index is 328. The maximum atomic E-state index is 9.62. The Balaban J connectivity index is 2.47. The molecule has 2 heteroatoms. The highest BCUT2D eigenvalue weighted by atomic mass is 16.3. The average Bonchev–Trinajstić information content (AvgIpc) is 2.16. The molecular formula is C14H23NO. The van der Waals surface area contributed by atoms with Crippen molar-refractivity contribution in [1.29, 1.82) is 0 Å². The summed E-state index contributed by atoms with van der Waals surface area (Å²) in [6.07, 6.45) is 0.767. The van der Waals surface area contributed by atoms with Crippen LogP contribution in [0.5, 0.6) is 0 Å². The van der Waals surface area contributed by atoms with Crippen molar-refractivity contribution in [2.24, 2.45) is 0 Å². The molecule has 2 nitrogen and oxygen atoms in total. The number of aryl methyl sites for hydroxylation is 1. The van der Waals surface area contributed by atoms with E-state index in [4.69, 9.17) is 0 Å². The van der Waals surface area contributed by atoms with Crippen LogP contribution in [0.2, 0.25) is 0 Å². The van der Waals surface area contributed by atoms with Crippen molar-refractivity contribution in [1.82, 2.24) is 5.32 Å². The summed E-state index contributed by atoms with van der Waals surface area (Å²) >= 11 is 0. The van der Waals surface area contributed by atoms with Crippen LogP contribution in [0, 0.1) is 6.92 Å². The molecule has 0 aromatic heterocycles. The summed E-state index contributed by atoms with van der Waals surface area (Å²) in [6.45, 7) is 8.80. The zero-order valence-electron chi connectivity index (χ0n) is 10.7. The zero-order valence-corrected chi connectivity index (χ0v) is 10.7. The molecule has 0 saturated heterocycles. The number of rotatable bonds is 5. The van der Waals surface area contributed by atoms with Gasteiger partial charge in [-0.15, -0.1) is 0 Å². The Labute approximate surface area is 98.7 Å². The van der Waals surface area contributed by atoms with Gasteiger partial charge in [-0.1, -0.05) is 24.3 Å². The summed E-state index contributed by atoms with van der Waals surface area (Å²) in [6, 6.07) is 8.74. The standard InChI is InChI=1S/C14H23NO/c1-11-7-5-6-8-13(11)12(2)15-10-9-14(3,4)16/h5-8,12,15-16H,9-10H2,1-4H3/t12-/m1/s1. The van der Waals surface area contributed by atoms with Gasteiger partial charge in [0.2, 0.25) is 0 Å². The first kappa shape index (κ1) is 13.2. The van der Waals surface area contributed by atoms with Crippen LogP contribution in [0.4, 0.5) is 0 Å². The molecule has 0 radical (unpaired) electrons. The highest BCUT2D eigenvalue weighted by Crippen LogP contribution is 2.17. The number of hydrogen-bond donors (Lipinski definition) is 2. The molecule has 0 unspecified atom stereocenters. The lowest BCUT2D eigenvalue weighted by molar-refractivity contribution is 0.0705. The normalized spacial score (nSPS) is 13.8. The van der Waals surface area contributed by atoms with Crippen molar-refractivity contribution in [3.63, 3.8) is 0 Å². The highest BCUT2D eigenvalue weighted by molar-refractivity contribution is 5.28. The van der Waals surface area contributed by atoms with Crippen LogP contribution in [-0.2, 0) is 0 Å². The minimum Gasteiger partial charge on any atom is -0.390 e. The van der Waals surface area contributed by atoms with Crippen LogP contribution in [0.1, 0.15) is 44.4 Å². The minimum absolute atomic E-state index is 0.337. The summed E-state index contributed by atoms with van der Waals surface area (Å²) in [7, 11) is 0. The van der Waals surface area contributed by atoms with Gasteiger partial charge in [0, 0.05) is 6.04 Å². The van der Waals surface area contributed by atoms with Gasteiger partial charge in [-0.3, -0.25) is 0 Å². The van der Waals surface area contributed by atoms with E-state index in [-0.39, 0.29) is 0 Å². The Hall–Kier alpha value is -0.860. The first-order chi connectivity index (χ1) is 7.40. The maximum Gasteiger partial charge on any atom is 0.0603 e. The zero-order chi connectivity index (χ0) is 12.2. The van der Waals surface area contributed by atoms with E-state index in [1.165, 1.54) is 11.1 Å². The molecule has 16 heavy (non-hydrogen) atoms. The van der Waals surface area contributed by atoms with Crippen molar-refractivity contribution in [2.75, 3.05) is 6.54 Å². The first-order valence-corrected chi connectivity index (χ1v) is 5.91. The third kappa shape index (κ3) is 4.33. The van der Waals surface area contributed by atoms with Gasteiger partial charge in [-0.2, -0.15) is 0 Å². The van der Waals surface area contributed by atoms with Crippen molar-refractivity contribution in [3.05, 3.63) is 35.4 Å². The van der Waals surface area contributed by atoms with E-state index in [1.807, 2.05) is 13.8 Å². The smallest absolute Gasteiger partial charge is 0.0603 e. The van der Waals surface area contributed by atoms with Gasteiger partial charge < -0.3 is 10.4 Å². The SMILES string of the molecule is Cc1ccccc1[C@@H](C)NCCC(C)(C)O. The quantitative estimate of drug-likeness (QED) is 0.801. The molecule has 0 saturated carbocycles. The summed E-state index contributed by atoms with van der Waals surface area (Å²) in [5.41, 5.74) is 2.06. The van der Waals surface area contributed by atoms with Crippen molar-refractivity contribution in [3.8, 4) is 0 Å². The predicted octanol–water partition coefficient (Wildman–Crippen LogP) is 2.81. The van der Waals surface area contributed by atoms with Crippen molar-refractivity contribution in [2.45, 2.75) is 45.8 Å². The van der Waals surface area contributed by atoms with Crippen LogP contribution in [0.25, 0.3) is 0 Å². The van der Waals surface area contributed by atoms with Crippen LogP contribution >= 0.6 is 0 Å². The maximum absolute atomic E-state index is 9.62. The molecule has 1 rings (SSSR count). The molecule has 0 aliphatic carbocycles. The number of aliphatic hydroxyl groups is 1. The number of nitrogens with one attached hydrogen (secondary N) is 1. The lowest BCUT2D eigenvalue weighted by atomic mass is 10.0. The summed E-state index contributed by atoms with van der Waals surface area (Å²) in [5.74, 6) is 0. The Morgan fingerprint density at radius 1 is 1.31 bits per heavy atom. The van der Waals surface area contributed by atoms with Gasteiger partial charge in [0.1, 0.15) is 0 Å². The predicted molar refractivity (Wildman–Crippen MR) is 68.5 cm³/mol. The lowest BCUT2D eigenvalue weighted by Crippen LogP contribution is -2.28. The average molecular weight is 221 g/mol. The molecule has 0 aliphatic rings. The monoisotopic (exact) mass is 221 g/mol. The molecule has 0 bridgehead atoms. The molecule has 0 aliphatic heterocycles. The Morgan fingerprint density at radius 2 is 1.94 bits per heavy atom. The molecule has 0 fully saturated rings. The van der Waals surface area contributed by atoms with Crippen LogP contribution in [0.3, 0.4) is 0 Å². The van der Waals surface area contributed by atoms with Gasteiger partial charge in [-0.25, -0.2) is 0 Å². The minimum atomic E-state index is -0.585. The largest absolute Gasteiger partial charge is 0.390 e. The molecule has 90 valence electrons. The summed E-state index contributed by atoms with van der Waals surface area (Å²) in [5, 5.41) is 13.1. The van der Waals surface area contributed by atoms with Crippen LogP contribution < -0.4 is 5.32 Å². The molecule has 2 N–H and O–H groups in total. The van der Waals surface area contributed by atoms with E-state index in [2.05, 4.69) is 43.4 Å². The van der Waals surface area contributed by atoms with Crippen LogP contribution in [-0.4, -0.2) is 17.3 Å². The second-order valence-corrected chi connectivity index (χ2v) is 5.09. The Kier molecular flexibility index (Phi) is 4.51. The molecule has 0 amide bonds. The molecular weight excluding hydrogens is 198 g/mol. The van der Waals surface area contributed by atoms with Crippen molar-refractivity contribution < 1.29 is 5.11 Å². The van der Waals surface area contributed by atoms with Gasteiger partial charge in [0.25, 0.3) is 0 Å². The molecule has 1 aromatic rings. The number of benzene rings is 1. The van der Waals surface area contributed by atoms with Gasteiger partial charge in [0.15, 0.2) is 0 Å². The first-order valence-electron chi connectivity index (χ1n) is 5.91. The fraction of sp³-hybridized carbons (Fsp3) is 0.571. The van der Waals surface area contributed by atoms with E-state index in [0.29, 0.717) is 6.04 Å². The second kappa shape index (κ2) is 5.46. The van der Waals surface area contributed by atoms with E-state index >= 15 is 0 Å². The van der Waals surface area contributed by atoms with Crippen molar-refractivity contribution >= 4 is 0 Å². The molecule has 1 atom stereocenters. The van der Waals surface area contributed by atoms with Crippen LogP contribution in [0.15, 0.2) is 24.3 Å². The molecule has 1 aromatic carbocycles. The fourth-order valence-corrected chi connectivity index (χ4v) is 1.78. The third-order valence-electron chi connectivity index (χ3n) is 2.84. The van der Waals surface area contributed by atoms with Gasteiger partial charge >= 0.3 is 0 Å². The van der Waals surface area contributed by atoms with E-state index in [1.54, 1.807) is 0 Å². The lowest BCUT2D eigenvalue weighted by Gasteiger charge is -2.21. The van der Waals surface area contributed by atoms with E-state index < -0.39 is 5.60 Å². The Morgan fingerprint density at radius 3 is 2.50 bits per heavy atom. The summed E-state index contributed by atoms with van der Waals surface area (Å²) < 4.78 is 0. The highest BCUT2D eigenvalue weighted by Gasteiger charge is 2.13. The topological polar surface area (TPSA) is 32.3 Å². The fourth-order valence-electron chi connectivity index (χ4n) is 1.78. The summed E-state index contributed by atoms with van der Waals surface area (Å²) in [4.78, 5) is 0. The third-order valence-corrected chi connectivity index (χ3v) is 2.84. The molecule has 0 spiro atoms. The van der Waals surface area contributed by atoms with Gasteiger partial charge in [-0.05, 0) is 51.8 Å². The second-order valence-electron chi connectivity index (χ2n) is 5.09. The molecule has 0 heterocycles.